The largest absolute Gasteiger partial charge is 0.383 e. The second-order valence-corrected chi connectivity index (χ2v) is 6.99. The van der Waals surface area contributed by atoms with Crippen molar-refractivity contribution in [2.75, 3.05) is 5.73 Å². The number of aryl methyl sites for hydroxylation is 1. The Kier molecular flexibility index (Phi) is 3.84. The van der Waals surface area contributed by atoms with Crippen LogP contribution in [0.5, 0.6) is 0 Å². The molecule has 3 rings (SSSR count). The van der Waals surface area contributed by atoms with E-state index in [-0.39, 0.29) is 22.0 Å². The van der Waals surface area contributed by atoms with E-state index >= 15 is 0 Å². The van der Waals surface area contributed by atoms with Gasteiger partial charge in [0.15, 0.2) is 0 Å². The van der Waals surface area contributed by atoms with E-state index in [9.17, 15) is 17.2 Å². The van der Waals surface area contributed by atoms with Crippen molar-refractivity contribution in [2.45, 2.75) is 11.8 Å². The van der Waals surface area contributed by atoms with E-state index in [1.807, 2.05) is 0 Å². The molecule has 2 N–H and O–H groups in total. The van der Waals surface area contributed by atoms with Crippen LogP contribution in [0.15, 0.2) is 53.4 Å². The second kappa shape index (κ2) is 5.72. The fourth-order valence-corrected chi connectivity index (χ4v) is 3.53. The lowest BCUT2D eigenvalue weighted by Gasteiger charge is -2.07. The summed E-state index contributed by atoms with van der Waals surface area (Å²) in [6.07, 6.45) is 0. The molecule has 5 nitrogen and oxygen atoms in total. The monoisotopic (exact) mass is 349 g/mol. The zero-order valence-electron chi connectivity index (χ0n) is 12.6. The van der Waals surface area contributed by atoms with Crippen LogP contribution in [0.3, 0.4) is 0 Å². The highest BCUT2D eigenvalue weighted by Crippen LogP contribution is 2.25. The van der Waals surface area contributed by atoms with Gasteiger partial charge in [-0.05, 0) is 42.8 Å². The van der Waals surface area contributed by atoms with Gasteiger partial charge >= 0.3 is 0 Å². The lowest BCUT2D eigenvalue weighted by molar-refractivity contribution is 0.579. The Balaban J connectivity index is 2.10. The Bertz CT molecular complexity index is 1030. The lowest BCUT2D eigenvalue weighted by atomic mass is 10.1. The molecule has 0 unspecified atom stereocenters. The molecule has 0 saturated carbocycles. The van der Waals surface area contributed by atoms with Crippen LogP contribution in [0, 0.1) is 18.6 Å². The van der Waals surface area contributed by atoms with Gasteiger partial charge in [0.05, 0.1) is 10.6 Å². The highest BCUT2D eigenvalue weighted by atomic mass is 32.2. The fourth-order valence-electron chi connectivity index (χ4n) is 2.24. The summed E-state index contributed by atoms with van der Waals surface area (Å²) in [6, 6.07) is 10.3. The maximum atomic E-state index is 13.4. The van der Waals surface area contributed by atoms with Crippen LogP contribution in [-0.4, -0.2) is 17.6 Å². The molecule has 2 aromatic carbocycles. The molecule has 24 heavy (non-hydrogen) atoms. The fraction of sp³-hybridized carbons (Fsp3) is 0.0625. The molecule has 0 atom stereocenters. The van der Waals surface area contributed by atoms with Crippen LogP contribution in [-0.2, 0) is 10.0 Å². The van der Waals surface area contributed by atoms with Crippen LogP contribution >= 0.6 is 0 Å². The van der Waals surface area contributed by atoms with Crippen molar-refractivity contribution in [1.29, 1.82) is 0 Å². The molecule has 8 heteroatoms. The molecular formula is C16H13F2N3O2S. The first kappa shape index (κ1) is 16.1. The smallest absolute Gasteiger partial charge is 0.284 e. The molecule has 1 aromatic heterocycles. The summed E-state index contributed by atoms with van der Waals surface area (Å²) in [7, 11) is -4.09. The summed E-state index contributed by atoms with van der Waals surface area (Å²) in [5.74, 6) is -1.11. The van der Waals surface area contributed by atoms with Crippen LogP contribution in [0.4, 0.5) is 14.6 Å². The molecule has 3 aromatic rings. The highest BCUT2D eigenvalue weighted by molar-refractivity contribution is 7.90. The Morgan fingerprint density at radius 1 is 1.08 bits per heavy atom. The summed E-state index contributed by atoms with van der Waals surface area (Å²) in [6.45, 7) is 1.46. The van der Waals surface area contributed by atoms with Crippen molar-refractivity contribution in [3.05, 3.63) is 65.7 Å². The number of hydrogen-bond donors (Lipinski definition) is 1. The van der Waals surface area contributed by atoms with Gasteiger partial charge in [-0.25, -0.2) is 8.78 Å². The van der Waals surface area contributed by atoms with Gasteiger partial charge < -0.3 is 5.73 Å². The summed E-state index contributed by atoms with van der Waals surface area (Å²) in [5, 5.41) is 3.96. The molecule has 0 spiro atoms. The zero-order valence-corrected chi connectivity index (χ0v) is 13.4. The van der Waals surface area contributed by atoms with E-state index in [1.54, 1.807) is 6.07 Å². The van der Waals surface area contributed by atoms with E-state index in [4.69, 9.17) is 5.73 Å². The topological polar surface area (TPSA) is 78.0 Å². The Morgan fingerprint density at radius 3 is 2.50 bits per heavy atom. The van der Waals surface area contributed by atoms with Crippen molar-refractivity contribution in [3.8, 4) is 11.3 Å². The minimum absolute atomic E-state index is 0.128. The minimum atomic E-state index is -4.09. The number of benzene rings is 2. The molecule has 0 amide bonds. The van der Waals surface area contributed by atoms with Crippen LogP contribution in [0.1, 0.15) is 5.56 Å². The predicted molar refractivity (Wildman–Crippen MR) is 85.8 cm³/mol. The second-order valence-electron chi connectivity index (χ2n) is 5.22. The molecule has 0 fully saturated rings. The van der Waals surface area contributed by atoms with Crippen molar-refractivity contribution in [1.82, 2.24) is 9.19 Å². The Morgan fingerprint density at radius 2 is 1.83 bits per heavy atom. The van der Waals surface area contributed by atoms with Gasteiger partial charge in [0, 0.05) is 11.6 Å². The van der Waals surface area contributed by atoms with E-state index < -0.39 is 21.7 Å². The van der Waals surface area contributed by atoms with Crippen molar-refractivity contribution in [2.24, 2.45) is 0 Å². The number of nitrogens with two attached hydrogens (primary N) is 1. The molecule has 0 aliphatic heterocycles. The standard InChI is InChI=1S/C16H13F2N3O2S/c1-10-7-13(5-6-14(10)18)24(22,23)21-16(19)9-15(20-21)11-3-2-4-12(17)8-11/h2-9H,19H2,1H3. The SMILES string of the molecule is Cc1cc(S(=O)(=O)n2nc(-c3cccc(F)c3)cc2N)ccc1F. The Labute approximate surface area is 137 Å². The van der Waals surface area contributed by atoms with Crippen LogP contribution < -0.4 is 5.73 Å². The first-order valence-corrected chi connectivity index (χ1v) is 8.36. The van der Waals surface area contributed by atoms with Gasteiger partial charge in [0.2, 0.25) is 0 Å². The quantitative estimate of drug-likeness (QED) is 0.788. The number of halogens is 2. The van der Waals surface area contributed by atoms with E-state index in [2.05, 4.69) is 5.10 Å². The molecule has 1 heterocycles. The van der Waals surface area contributed by atoms with E-state index in [0.717, 1.165) is 12.1 Å². The highest BCUT2D eigenvalue weighted by Gasteiger charge is 2.22. The minimum Gasteiger partial charge on any atom is -0.383 e. The average molecular weight is 349 g/mol. The van der Waals surface area contributed by atoms with Crippen LogP contribution in [0.2, 0.25) is 0 Å². The third-order valence-corrected chi connectivity index (χ3v) is 5.08. The third-order valence-electron chi connectivity index (χ3n) is 3.48. The number of aromatic nitrogens is 2. The summed E-state index contributed by atoms with van der Waals surface area (Å²) in [4.78, 5) is -0.137. The molecule has 0 aliphatic rings. The van der Waals surface area contributed by atoms with Gasteiger partial charge in [-0.3, -0.25) is 0 Å². The number of rotatable bonds is 3. The normalized spacial score (nSPS) is 11.6. The first-order valence-electron chi connectivity index (χ1n) is 6.92. The van der Waals surface area contributed by atoms with E-state index in [1.165, 1.54) is 37.3 Å². The van der Waals surface area contributed by atoms with Gasteiger partial charge in [0.25, 0.3) is 10.0 Å². The van der Waals surface area contributed by atoms with Crippen molar-refractivity contribution in [3.63, 3.8) is 0 Å². The van der Waals surface area contributed by atoms with Gasteiger partial charge in [-0.1, -0.05) is 12.1 Å². The van der Waals surface area contributed by atoms with E-state index in [0.29, 0.717) is 9.65 Å². The molecule has 124 valence electrons. The number of hydrogen-bond acceptors (Lipinski definition) is 4. The Hall–Kier alpha value is -2.74. The molecule has 0 radical (unpaired) electrons. The maximum absolute atomic E-state index is 13.4. The maximum Gasteiger partial charge on any atom is 0.284 e. The molecular weight excluding hydrogens is 336 g/mol. The summed E-state index contributed by atoms with van der Waals surface area (Å²) < 4.78 is 52.6. The summed E-state index contributed by atoms with van der Waals surface area (Å²) >= 11 is 0. The molecule has 0 aliphatic carbocycles. The molecule has 0 saturated heterocycles. The number of nitrogens with zero attached hydrogens (tertiary/aromatic N) is 2. The average Bonchev–Trinajstić information content (AvgIpc) is 2.92. The van der Waals surface area contributed by atoms with Crippen molar-refractivity contribution < 1.29 is 17.2 Å². The zero-order chi connectivity index (χ0) is 17.5. The molecule has 0 bridgehead atoms. The van der Waals surface area contributed by atoms with Gasteiger partial charge in [0.1, 0.15) is 17.5 Å². The number of anilines is 1. The summed E-state index contributed by atoms with van der Waals surface area (Å²) in [5.41, 5.74) is 6.56. The first-order chi connectivity index (χ1) is 11.3. The van der Waals surface area contributed by atoms with Gasteiger partial charge in [-0.2, -0.15) is 13.5 Å². The third kappa shape index (κ3) is 2.76. The van der Waals surface area contributed by atoms with Gasteiger partial charge in [-0.15, -0.1) is 4.09 Å². The predicted octanol–water partition coefficient (Wildman–Crippen LogP) is 2.96. The van der Waals surface area contributed by atoms with Crippen LogP contribution in [0.25, 0.3) is 11.3 Å². The number of nitrogen functional groups attached to an aromatic ring is 1. The van der Waals surface area contributed by atoms with Crippen molar-refractivity contribution >= 4 is 15.8 Å². The lowest BCUT2D eigenvalue weighted by Crippen LogP contribution is -2.17.